The van der Waals surface area contributed by atoms with Crippen molar-refractivity contribution in [3.05, 3.63) is 60.2 Å². The summed E-state index contributed by atoms with van der Waals surface area (Å²) in [6.07, 6.45) is 9.21. The Morgan fingerprint density at radius 2 is 2.23 bits per heavy atom. The van der Waals surface area contributed by atoms with E-state index in [1.807, 2.05) is 24.5 Å². The van der Waals surface area contributed by atoms with Crippen LogP contribution in [0.3, 0.4) is 0 Å². The minimum atomic E-state index is 0.0908. The lowest BCUT2D eigenvalue weighted by Gasteiger charge is -2.50. The number of piperidine rings is 1. The molecule has 0 amide bonds. The van der Waals surface area contributed by atoms with E-state index < -0.39 is 0 Å². The first-order valence-electron chi connectivity index (χ1n) is 9.55. The van der Waals surface area contributed by atoms with Crippen LogP contribution in [0.2, 0.25) is 0 Å². The van der Waals surface area contributed by atoms with Gasteiger partial charge >= 0.3 is 0 Å². The molecule has 0 bridgehead atoms. The Kier molecular flexibility index (Phi) is 5.58. The van der Waals surface area contributed by atoms with E-state index in [-0.39, 0.29) is 5.41 Å². The Morgan fingerprint density at radius 3 is 3.08 bits per heavy atom. The zero-order chi connectivity index (χ0) is 17.7. The minimum Gasteiger partial charge on any atom is -0.377 e. The Bertz CT molecular complexity index is 682. The molecule has 2 aliphatic heterocycles. The zero-order valence-corrected chi connectivity index (χ0v) is 15.2. The SMILES string of the molecule is c1ccc(CN2CC[C@@H]3OCCC[C@@]3(COCc3cccnc3)C2)nc1. The van der Waals surface area contributed by atoms with Crippen LogP contribution in [0.15, 0.2) is 48.9 Å². The number of fused-ring (bicyclic) bond motifs is 1. The summed E-state index contributed by atoms with van der Waals surface area (Å²) < 4.78 is 12.3. The van der Waals surface area contributed by atoms with E-state index in [2.05, 4.69) is 33.1 Å². The molecular weight excluding hydrogens is 326 g/mol. The molecule has 5 heteroatoms. The van der Waals surface area contributed by atoms with Crippen molar-refractivity contribution < 1.29 is 9.47 Å². The number of nitrogens with zero attached hydrogens (tertiary/aromatic N) is 3. The average molecular weight is 353 g/mol. The smallest absolute Gasteiger partial charge is 0.0732 e. The van der Waals surface area contributed by atoms with E-state index >= 15 is 0 Å². The van der Waals surface area contributed by atoms with E-state index in [4.69, 9.17) is 9.47 Å². The maximum absolute atomic E-state index is 6.16. The van der Waals surface area contributed by atoms with E-state index in [1.54, 1.807) is 6.20 Å². The van der Waals surface area contributed by atoms with Crippen molar-refractivity contribution in [3.8, 4) is 0 Å². The fraction of sp³-hybridized carbons (Fsp3) is 0.524. The lowest BCUT2D eigenvalue weighted by atomic mass is 9.73. The Hall–Kier alpha value is -1.82. The van der Waals surface area contributed by atoms with Gasteiger partial charge in [-0.25, -0.2) is 0 Å². The minimum absolute atomic E-state index is 0.0908. The molecular formula is C21H27N3O2. The van der Waals surface area contributed by atoms with Crippen LogP contribution >= 0.6 is 0 Å². The van der Waals surface area contributed by atoms with Crippen molar-refractivity contribution >= 4 is 0 Å². The molecule has 2 fully saturated rings. The molecule has 2 aliphatic rings. The van der Waals surface area contributed by atoms with Gasteiger partial charge in [-0.2, -0.15) is 0 Å². The molecule has 2 aromatic rings. The number of rotatable bonds is 6. The van der Waals surface area contributed by atoms with E-state index in [9.17, 15) is 0 Å². The van der Waals surface area contributed by atoms with Gasteiger partial charge in [0.05, 0.1) is 25.0 Å². The van der Waals surface area contributed by atoms with Gasteiger partial charge in [0.25, 0.3) is 0 Å². The van der Waals surface area contributed by atoms with Crippen molar-refractivity contribution in [1.82, 2.24) is 14.9 Å². The lowest BCUT2D eigenvalue weighted by molar-refractivity contribution is -0.155. The van der Waals surface area contributed by atoms with E-state index in [0.29, 0.717) is 12.7 Å². The quantitative estimate of drug-likeness (QED) is 0.799. The van der Waals surface area contributed by atoms with Gasteiger partial charge < -0.3 is 9.47 Å². The van der Waals surface area contributed by atoms with Crippen LogP contribution in [0.25, 0.3) is 0 Å². The zero-order valence-electron chi connectivity index (χ0n) is 15.2. The highest BCUT2D eigenvalue weighted by atomic mass is 16.5. The van der Waals surface area contributed by atoms with Gasteiger partial charge in [0, 0.05) is 50.2 Å². The molecule has 0 aromatic carbocycles. The molecule has 26 heavy (non-hydrogen) atoms. The van der Waals surface area contributed by atoms with Crippen LogP contribution in [-0.4, -0.2) is 47.3 Å². The third kappa shape index (κ3) is 4.11. The van der Waals surface area contributed by atoms with Crippen molar-refractivity contribution in [1.29, 1.82) is 0 Å². The second kappa shape index (κ2) is 8.25. The molecule has 0 N–H and O–H groups in total. The molecule has 0 saturated carbocycles. The summed E-state index contributed by atoms with van der Waals surface area (Å²) in [5.41, 5.74) is 2.35. The molecule has 0 unspecified atom stereocenters. The van der Waals surface area contributed by atoms with Crippen LogP contribution in [0.1, 0.15) is 30.5 Å². The third-order valence-electron chi connectivity index (χ3n) is 5.56. The number of likely N-dealkylation sites (tertiary alicyclic amines) is 1. The maximum atomic E-state index is 6.16. The fourth-order valence-electron chi connectivity index (χ4n) is 4.30. The predicted molar refractivity (Wildman–Crippen MR) is 99.4 cm³/mol. The summed E-state index contributed by atoms with van der Waals surface area (Å²) in [5, 5.41) is 0. The van der Waals surface area contributed by atoms with Crippen LogP contribution in [0, 0.1) is 5.41 Å². The first-order valence-corrected chi connectivity index (χ1v) is 9.55. The summed E-state index contributed by atoms with van der Waals surface area (Å²) in [7, 11) is 0. The molecule has 0 spiro atoms. The van der Waals surface area contributed by atoms with Gasteiger partial charge in [-0.3, -0.25) is 14.9 Å². The van der Waals surface area contributed by atoms with Crippen molar-refractivity contribution in [2.45, 2.75) is 38.5 Å². The number of hydrogen-bond acceptors (Lipinski definition) is 5. The Labute approximate surface area is 155 Å². The summed E-state index contributed by atoms with van der Waals surface area (Å²) in [6.45, 7) is 5.22. The number of ether oxygens (including phenoxy) is 2. The standard InChI is InChI=1S/C21H27N3O2/c1-2-10-23-19(6-1)14-24-11-7-20-21(16-24,8-4-12-26-20)17-25-15-18-5-3-9-22-13-18/h1-3,5-6,9-10,13,20H,4,7-8,11-12,14-17H2/t20-,21-/m0/s1. The van der Waals surface area contributed by atoms with Gasteiger partial charge in [0.1, 0.15) is 0 Å². The van der Waals surface area contributed by atoms with Crippen LogP contribution in [-0.2, 0) is 22.6 Å². The largest absolute Gasteiger partial charge is 0.377 e. The maximum Gasteiger partial charge on any atom is 0.0732 e. The van der Waals surface area contributed by atoms with Crippen LogP contribution < -0.4 is 0 Å². The highest BCUT2D eigenvalue weighted by Crippen LogP contribution is 2.40. The van der Waals surface area contributed by atoms with Gasteiger partial charge in [-0.05, 0) is 43.0 Å². The number of pyridine rings is 2. The molecule has 138 valence electrons. The van der Waals surface area contributed by atoms with Gasteiger partial charge in [-0.15, -0.1) is 0 Å². The van der Waals surface area contributed by atoms with E-state index in [1.165, 1.54) is 6.42 Å². The summed E-state index contributed by atoms with van der Waals surface area (Å²) in [6, 6.07) is 10.2. The summed E-state index contributed by atoms with van der Waals surface area (Å²) >= 11 is 0. The Morgan fingerprint density at radius 1 is 1.23 bits per heavy atom. The molecule has 4 rings (SSSR count). The van der Waals surface area contributed by atoms with E-state index in [0.717, 1.165) is 56.9 Å². The van der Waals surface area contributed by atoms with Crippen molar-refractivity contribution in [2.75, 3.05) is 26.3 Å². The fourth-order valence-corrected chi connectivity index (χ4v) is 4.30. The summed E-state index contributed by atoms with van der Waals surface area (Å²) in [5.74, 6) is 0. The van der Waals surface area contributed by atoms with Crippen molar-refractivity contribution in [3.63, 3.8) is 0 Å². The second-order valence-electron chi connectivity index (χ2n) is 7.50. The average Bonchev–Trinajstić information content (AvgIpc) is 2.69. The van der Waals surface area contributed by atoms with Crippen LogP contribution in [0.5, 0.6) is 0 Å². The predicted octanol–water partition coefficient (Wildman–Crippen LogP) is 3.06. The third-order valence-corrected chi connectivity index (χ3v) is 5.56. The molecule has 0 radical (unpaired) electrons. The molecule has 0 aliphatic carbocycles. The second-order valence-corrected chi connectivity index (χ2v) is 7.50. The van der Waals surface area contributed by atoms with Crippen LogP contribution in [0.4, 0.5) is 0 Å². The molecule has 4 heterocycles. The first-order chi connectivity index (χ1) is 12.8. The summed E-state index contributed by atoms with van der Waals surface area (Å²) in [4.78, 5) is 11.2. The van der Waals surface area contributed by atoms with Gasteiger partial charge in [-0.1, -0.05) is 12.1 Å². The Balaban J connectivity index is 1.41. The first kappa shape index (κ1) is 17.6. The number of aromatic nitrogens is 2. The highest BCUT2D eigenvalue weighted by molar-refractivity contribution is 5.07. The lowest BCUT2D eigenvalue weighted by Crippen LogP contribution is -2.56. The van der Waals surface area contributed by atoms with Gasteiger partial charge in [0.2, 0.25) is 0 Å². The normalized spacial score (nSPS) is 26.4. The topological polar surface area (TPSA) is 47.5 Å². The molecule has 2 saturated heterocycles. The van der Waals surface area contributed by atoms with Gasteiger partial charge in [0.15, 0.2) is 0 Å². The molecule has 5 nitrogen and oxygen atoms in total. The molecule has 2 aromatic heterocycles. The highest BCUT2D eigenvalue weighted by Gasteiger charge is 2.46. The number of hydrogen-bond donors (Lipinski definition) is 0. The molecule has 2 atom stereocenters. The van der Waals surface area contributed by atoms with Crippen molar-refractivity contribution in [2.24, 2.45) is 5.41 Å². The monoisotopic (exact) mass is 353 g/mol.